The molecule has 0 atom stereocenters. The quantitative estimate of drug-likeness (QED) is 0.801. The fourth-order valence-electron chi connectivity index (χ4n) is 1.99. The van der Waals surface area contributed by atoms with Crippen molar-refractivity contribution < 1.29 is 4.79 Å². The molecule has 118 valence electrons. The first kappa shape index (κ1) is 16.4. The molecule has 0 aliphatic rings. The lowest BCUT2D eigenvalue weighted by Crippen LogP contribution is -2.25. The van der Waals surface area contributed by atoms with Crippen molar-refractivity contribution in [1.82, 2.24) is 15.3 Å². The van der Waals surface area contributed by atoms with E-state index in [2.05, 4.69) is 33.6 Å². The Morgan fingerprint density at radius 1 is 1.26 bits per heavy atom. The fraction of sp³-hybridized carbons (Fsp3) is 0.294. The molecule has 0 spiro atoms. The van der Waals surface area contributed by atoms with E-state index in [-0.39, 0.29) is 5.91 Å². The van der Waals surface area contributed by atoms with Gasteiger partial charge in [0.25, 0.3) is 5.91 Å². The largest absolute Gasteiger partial charge is 0.351 e. The Kier molecular flexibility index (Phi) is 5.64. The number of carbonyl (C=O) groups is 1. The van der Waals surface area contributed by atoms with Gasteiger partial charge in [0.05, 0.1) is 11.6 Å². The molecule has 0 fully saturated rings. The minimum atomic E-state index is -0.202. The van der Waals surface area contributed by atoms with Gasteiger partial charge in [-0.05, 0) is 37.6 Å². The molecule has 1 aromatic carbocycles. The molecule has 2 N–H and O–H groups in total. The molecule has 23 heavy (non-hydrogen) atoms. The van der Waals surface area contributed by atoms with Crippen molar-refractivity contribution in [1.29, 1.82) is 5.26 Å². The zero-order chi connectivity index (χ0) is 16.7. The number of unbranched alkanes of at least 4 members (excludes halogenated alkanes) is 1. The topological polar surface area (TPSA) is 90.7 Å². The van der Waals surface area contributed by atoms with Crippen LogP contribution in [0.1, 0.15) is 41.6 Å². The summed E-state index contributed by atoms with van der Waals surface area (Å²) in [5, 5.41) is 14.8. The Hall–Kier alpha value is -2.94. The summed E-state index contributed by atoms with van der Waals surface area (Å²) < 4.78 is 0. The van der Waals surface area contributed by atoms with E-state index in [4.69, 9.17) is 5.26 Å². The van der Waals surface area contributed by atoms with Gasteiger partial charge in [-0.25, -0.2) is 9.97 Å². The number of anilines is 2. The van der Waals surface area contributed by atoms with E-state index in [1.165, 1.54) is 0 Å². The molecule has 1 aromatic heterocycles. The number of nitrogens with zero attached hydrogens (tertiary/aromatic N) is 3. The standard InChI is InChI=1S/C17H19N5O/c1-3-4-9-19-17(23)15-10-16(21-12(2)20-15)22-14-7-5-13(11-18)6-8-14/h5-8,10H,3-4,9H2,1-2H3,(H,19,23)(H,20,21,22). The van der Waals surface area contributed by atoms with Crippen LogP contribution in [0.2, 0.25) is 0 Å². The lowest BCUT2D eigenvalue weighted by molar-refractivity contribution is 0.0948. The van der Waals surface area contributed by atoms with E-state index in [9.17, 15) is 4.79 Å². The second kappa shape index (κ2) is 7.90. The van der Waals surface area contributed by atoms with Gasteiger partial charge in [0.15, 0.2) is 0 Å². The Bertz CT molecular complexity index is 719. The molecule has 1 heterocycles. The smallest absolute Gasteiger partial charge is 0.270 e. The molecule has 2 rings (SSSR count). The van der Waals surface area contributed by atoms with Crippen molar-refractivity contribution in [2.24, 2.45) is 0 Å². The lowest BCUT2D eigenvalue weighted by Gasteiger charge is -2.09. The number of hydrogen-bond donors (Lipinski definition) is 2. The average molecular weight is 309 g/mol. The van der Waals surface area contributed by atoms with Gasteiger partial charge in [-0.1, -0.05) is 13.3 Å². The van der Waals surface area contributed by atoms with Crippen LogP contribution in [-0.4, -0.2) is 22.4 Å². The van der Waals surface area contributed by atoms with Gasteiger partial charge in [-0.2, -0.15) is 5.26 Å². The number of benzene rings is 1. The predicted octanol–water partition coefficient (Wildman–Crippen LogP) is 2.93. The highest BCUT2D eigenvalue weighted by Crippen LogP contribution is 2.16. The Balaban J connectivity index is 2.13. The van der Waals surface area contributed by atoms with Gasteiger partial charge in [-0.3, -0.25) is 4.79 Å². The molecule has 0 saturated heterocycles. The van der Waals surface area contributed by atoms with Crippen LogP contribution in [0, 0.1) is 18.3 Å². The van der Waals surface area contributed by atoms with Gasteiger partial charge in [-0.15, -0.1) is 0 Å². The summed E-state index contributed by atoms with van der Waals surface area (Å²) in [5.74, 6) is 0.860. The summed E-state index contributed by atoms with van der Waals surface area (Å²) in [4.78, 5) is 20.6. The predicted molar refractivity (Wildman–Crippen MR) is 88.4 cm³/mol. The highest BCUT2D eigenvalue weighted by atomic mass is 16.1. The Labute approximate surface area is 135 Å². The van der Waals surface area contributed by atoms with E-state index in [1.807, 2.05) is 0 Å². The average Bonchev–Trinajstić information content (AvgIpc) is 2.55. The number of nitrogens with one attached hydrogen (secondary N) is 2. The summed E-state index contributed by atoms with van der Waals surface area (Å²) in [6, 6.07) is 10.7. The summed E-state index contributed by atoms with van der Waals surface area (Å²) in [5.41, 5.74) is 1.72. The van der Waals surface area contributed by atoms with Crippen LogP contribution in [0.4, 0.5) is 11.5 Å². The first-order chi connectivity index (χ1) is 11.1. The van der Waals surface area contributed by atoms with Crippen molar-refractivity contribution in [2.75, 3.05) is 11.9 Å². The van der Waals surface area contributed by atoms with Crippen LogP contribution in [0.15, 0.2) is 30.3 Å². The molecule has 2 aromatic rings. The highest BCUT2D eigenvalue weighted by molar-refractivity contribution is 5.93. The SMILES string of the molecule is CCCCNC(=O)c1cc(Nc2ccc(C#N)cc2)nc(C)n1. The summed E-state index contributed by atoms with van der Waals surface area (Å²) >= 11 is 0. The van der Waals surface area contributed by atoms with E-state index in [0.29, 0.717) is 29.4 Å². The second-order valence-electron chi connectivity index (χ2n) is 5.11. The molecule has 6 heteroatoms. The zero-order valence-electron chi connectivity index (χ0n) is 13.3. The molecule has 0 aliphatic heterocycles. The molecular formula is C17H19N5O. The molecule has 0 unspecified atom stereocenters. The fourth-order valence-corrected chi connectivity index (χ4v) is 1.99. The number of aromatic nitrogens is 2. The van der Waals surface area contributed by atoms with Gasteiger partial charge in [0.2, 0.25) is 0 Å². The van der Waals surface area contributed by atoms with E-state index in [0.717, 1.165) is 18.5 Å². The van der Waals surface area contributed by atoms with Gasteiger partial charge in [0.1, 0.15) is 17.3 Å². The van der Waals surface area contributed by atoms with E-state index in [1.54, 1.807) is 37.3 Å². The number of rotatable bonds is 6. The van der Waals surface area contributed by atoms with Crippen LogP contribution in [0.25, 0.3) is 0 Å². The highest BCUT2D eigenvalue weighted by Gasteiger charge is 2.10. The van der Waals surface area contributed by atoms with Crippen LogP contribution >= 0.6 is 0 Å². The first-order valence-electron chi connectivity index (χ1n) is 7.53. The number of carbonyl (C=O) groups excluding carboxylic acids is 1. The van der Waals surface area contributed by atoms with Crippen molar-refractivity contribution in [3.63, 3.8) is 0 Å². The van der Waals surface area contributed by atoms with Gasteiger partial charge in [0, 0.05) is 18.3 Å². The normalized spacial score (nSPS) is 9.96. The second-order valence-corrected chi connectivity index (χ2v) is 5.11. The number of nitriles is 1. The molecular weight excluding hydrogens is 290 g/mol. The van der Waals surface area contributed by atoms with Gasteiger partial charge >= 0.3 is 0 Å². The van der Waals surface area contributed by atoms with Crippen molar-refractivity contribution >= 4 is 17.4 Å². The van der Waals surface area contributed by atoms with Gasteiger partial charge < -0.3 is 10.6 Å². The third kappa shape index (κ3) is 4.78. The number of aryl methyl sites for hydroxylation is 1. The number of amides is 1. The van der Waals surface area contributed by atoms with Crippen LogP contribution in [-0.2, 0) is 0 Å². The third-order valence-electron chi connectivity index (χ3n) is 3.17. The van der Waals surface area contributed by atoms with Crippen molar-refractivity contribution in [2.45, 2.75) is 26.7 Å². The molecule has 6 nitrogen and oxygen atoms in total. The summed E-state index contributed by atoms with van der Waals surface area (Å²) in [6.45, 7) is 4.45. The third-order valence-corrected chi connectivity index (χ3v) is 3.17. The molecule has 1 amide bonds. The van der Waals surface area contributed by atoms with Crippen LogP contribution in [0.5, 0.6) is 0 Å². The van der Waals surface area contributed by atoms with Crippen molar-refractivity contribution in [3.05, 3.63) is 47.4 Å². The molecule has 0 radical (unpaired) electrons. The Morgan fingerprint density at radius 3 is 2.65 bits per heavy atom. The maximum Gasteiger partial charge on any atom is 0.270 e. The summed E-state index contributed by atoms with van der Waals surface area (Å²) in [7, 11) is 0. The van der Waals surface area contributed by atoms with Crippen molar-refractivity contribution in [3.8, 4) is 6.07 Å². The number of hydrogen-bond acceptors (Lipinski definition) is 5. The van der Waals surface area contributed by atoms with Crippen LogP contribution < -0.4 is 10.6 Å². The molecule has 0 bridgehead atoms. The van der Waals surface area contributed by atoms with E-state index < -0.39 is 0 Å². The first-order valence-corrected chi connectivity index (χ1v) is 7.53. The molecule has 0 aliphatic carbocycles. The Morgan fingerprint density at radius 2 is 2.00 bits per heavy atom. The van der Waals surface area contributed by atoms with Crippen LogP contribution in [0.3, 0.4) is 0 Å². The maximum atomic E-state index is 12.1. The zero-order valence-corrected chi connectivity index (χ0v) is 13.3. The lowest BCUT2D eigenvalue weighted by atomic mass is 10.2. The van der Waals surface area contributed by atoms with E-state index >= 15 is 0 Å². The minimum absolute atomic E-state index is 0.202. The monoisotopic (exact) mass is 309 g/mol. The maximum absolute atomic E-state index is 12.1. The molecule has 0 saturated carbocycles. The summed E-state index contributed by atoms with van der Waals surface area (Å²) in [6.07, 6.45) is 1.96. The minimum Gasteiger partial charge on any atom is -0.351 e.